The smallest absolute Gasteiger partial charge is 0.218 e. The number of anilines is 1. The molecular formula is C20H29N5OS. The van der Waals surface area contributed by atoms with E-state index in [9.17, 15) is 0 Å². The Balaban J connectivity index is 1.48. The number of rotatable bonds is 7. The summed E-state index contributed by atoms with van der Waals surface area (Å²) in [5.41, 5.74) is 1.04. The molecule has 1 aliphatic heterocycles. The van der Waals surface area contributed by atoms with Gasteiger partial charge in [-0.25, -0.2) is 4.98 Å². The zero-order valence-corrected chi connectivity index (χ0v) is 17.0. The molecule has 2 aromatic rings. The van der Waals surface area contributed by atoms with Crippen molar-refractivity contribution in [2.45, 2.75) is 38.8 Å². The highest BCUT2D eigenvalue weighted by atomic mass is 32.1. The Morgan fingerprint density at radius 1 is 1.33 bits per heavy atom. The molecule has 0 saturated carbocycles. The van der Waals surface area contributed by atoms with Crippen molar-refractivity contribution in [1.29, 1.82) is 0 Å². The van der Waals surface area contributed by atoms with Gasteiger partial charge in [-0.1, -0.05) is 13.0 Å². The Morgan fingerprint density at radius 2 is 2.19 bits per heavy atom. The molecule has 7 heteroatoms. The van der Waals surface area contributed by atoms with Gasteiger partial charge in [0.1, 0.15) is 0 Å². The summed E-state index contributed by atoms with van der Waals surface area (Å²) < 4.78 is 5.73. The summed E-state index contributed by atoms with van der Waals surface area (Å²) in [5, 5.41) is 10.5. The van der Waals surface area contributed by atoms with E-state index >= 15 is 0 Å². The van der Waals surface area contributed by atoms with Crippen LogP contribution in [0.2, 0.25) is 0 Å². The van der Waals surface area contributed by atoms with Gasteiger partial charge >= 0.3 is 0 Å². The van der Waals surface area contributed by atoms with Gasteiger partial charge in [-0.15, -0.1) is 11.3 Å². The van der Waals surface area contributed by atoms with Crippen LogP contribution in [0.1, 0.15) is 31.7 Å². The fourth-order valence-corrected chi connectivity index (χ4v) is 3.93. The molecule has 1 aliphatic rings. The predicted molar refractivity (Wildman–Crippen MR) is 113 cm³/mol. The number of nitrogens with one attached hydrogen (secondary N) is 2. The topological polar surface area (TPSA) is 61.8 Å². The van der Waals surface area contributed by atoms with Gasteiger partial charge in [0.05, 0.1) is 11.6 Å². The summed E-state index contributed by atoms with van der Waals surface area (Å²) in [6.45, 7) is 5.57. The van der Waals surface area contributed by atoms with E-state index in [0.717, 1.165) is 43.9 Å². The molecule has 3 rings (SSSR count). The molecule has 27 heavy (non-hydrogen) atoms. The largest absolute Gasteiger partial charge is 0.477 e. The molecule has 0 amide bonds. The van der Waals surface area contributed by atoms with Crippen LogP contribution >= 0.6 is 11.3 Å². The minimum Gasteiger partial charge on any atom is -0.477 e. The SMILES string of the molecule is CCCOc1ncccc1CNC(=NC)NC1CCN(c2cccs2)CC1. The molecule has 1 saturated heterocycles. The Kier molecular flexibility index (Phi) is 7.33. The summed E-state index contributed by atoms with van der Waals surface area (Å²) in [5.74, 6) is 1.53. The molecule has 146 valence electrons. The number of aromatic nitrogens is 1. The Hall–Kier alpha value is -2.28. The van der Waals surface area contributed by atoms with Gasteiger partial charge in [0, 0.05) is 44.5 Å². The molecule has 2 aromatic heterocycles. The summed E-state index contributed by atoms with van der Waals surface area (Å²) in [6.07, 6.45) is 4.95. The summed E-state index contributed by atoms with van der Waals surface area (Å²) >= 11 is 1.81. The van der Waals surface area contributed by atoms with Crippen molar-refractivity contribution in [2.75, 3.05) is 31.6 Å². The third-order valence-corrected chi connectivity index (χ3v) is 5.55. The van der Waals surface area contributed by atoms with Gasteiger partial charge in [-0.05, 0) is 42.8 Å². The second kappa shape index (κ2) is 10.2. The number of ether oxygens (including phenoxy) is 1. The number of hydrogen-bond donors (Lipinski definition) is 2. The molecule has 1 fully saturated rings. The van der Waals surface area contributed by atoms with E-state index in [4.69, 9.17) is 4.74 Å². The van der Waals surface area contributed by atoms with E-state index in [1.807, 2.05) is 30.5 Å². The van der Waals surface area contributed by atoms with Crippen molar-refractivity contribution in [1.82, 2.24) is 15.6 Å². The van der Waals surface area contributed by atoms with E-state index in [1.165, 1.54) is 5.00 Å². The van der Waals surface area contributed by atoms with E-state index < -0.39 is 0 Å². The third-order valence-electron chi connectivity index (χ3n) is 4.62. The highest BCUT2D eigenvalue weighted by Crippen LogP contribution is 2.24. The zero-order chi connectivity index (χ0) is 18.9. The third kappa shape index (κ3) is 5.60. The Morgan fingerprint density at radius 3 is 2.89 bits per heavy atom. The maximum absolute atomic E-state index is 5.73. The Bertz CT molecular complexity index is 711. The Labute approximate surface area is 165 Å². The van der Waals surface area contributed by atoms with Crippen LogP contribution in [0.4, 0.5) is 5.00 Å². The monoisotopic (exact) mass is 387 g/mol. The van der Waals surface area contributed by atoms with Crippen molar-refractivity contribution in [3.63, 3.8) is 0 Å². The lowest BCUT2D eigenvalue weighted by Gasteiger charge is -2.33. The first-order valence-electron chi connectivity index (χ1n) is 9.62. The first-order chi connectivity index (χ1) is 13.3. The van der Waals surface area contributed by atoms with Gasteiger partial charge in [-0.2, -0.15) is 0 Å². The first-order valence-corrected chi connectivity index (χ1v) is 10.5. The standard InChI is InChI=1S/C20H29N5OS/c1-3-13-26-19-16(6-4-10-22-19)15-23-20(21-2)24-17-8-11-25(12-9-17)18-7-5-14-27-18/h4-7,10,14,17H,3,8-9,11-13,15H2,1-2H3,(H2,21,23,24). The zero-order valence-electron chi connectivity index (χ0n) is 16.1. The lowest BCUT2D eigenvalue weighted by molar-refractivity contribution is 0.301. The van der Waals surface area contributed by atoms with Crippen molar-refractivity contribution >= 4 is 22.3 Å². The van der Waals surface area contributed by atoms with Gasteiger partial charge < -0.3 is 20.3 Å². The molecule has 0 radical (unpaired) electrons. The molecule has 0 aromatic carbocycles. The minimum absolute atomic E-state index is 0.442. The number of nitrogens with zero attached hydrogens (tertiary/aromatic N) is 3. The molecule has 0 bridgehead atoms. The number of hydrogen-bond acceptors (Lipinski definition) is 5. The summed E-state index contributed by atoms with van der Waals surface area (Å²) in [7, 11) is 1.81. The lowest BCUT2D eigenvalue weighted by Crippen LogP contribution is -2.48. The fraction of sp³-hybridized carbons (Fsp3) is 0.500. The minimum atomic E-state index is 0.442. The highest BCUT2D eigenvalue weighted by molar-refractivity contribution is 7.14. The number of piperidine rings is 1. The van der Waals surface area contributed by atoms with Crippen LogP contribution in [0, 0.1) is 0 Å². The van der Waals surface area contributed by atoms with Crippen molar-refractivity contribution in [2.24, 2.45) is 4.99 Å². The predicted octanol–water partition coefficient (Wildman–Crippen LogP) is 3.27. The van der Waals surface area contributed by atoms with Gasteiger partial charge in [-0.3, -0.25) is 4.99 Å². The maximum Gasteiger partial charge on any atom is 0.218 e. The molecule has 3 heterocycles. The van der Waals surface area contributed by atoms with E-state index in [1.54, 1.807) is 6.20 Å². The van der Waals surface area contributed by atoms with E-state index in [-0.39, 0.29) is 0 Å². The second-order valence-corrected chi connectivity index (χ2v) is 7.52. The lowest BCUT2D eigenvalue weighted by atomic mass is 10.1. The van der Waals surface area contributed by atoms with Crippen LogP contribution in [0.5, 0.6) is 5.88 Å². The molecular weight excluding hydrogens is 358 g/mol. The van der Waals surface area contributed by atoms with Crippen molar-refractivity contribution in [3.8, 4) is 5.88 Å². The van der Waals surface area contributed by atoms with Crippen LogP contribution < -0.4 is 20.3 Å². The van der Waals surface area contributed by atoms with Crippen LogP contribution in [-0.2, 0) is 6.54 Å². The normalized spacial score (nSPS) is 15.6. The van der Waals surface area contributed by atoms with Crippen LogP contribution in [0.15, 0.2) is 40.8 Å². The molecule has 2 N–H and O–H groups in total. The van der Waals surface area contributed by atoms with Gasteiger partial charge in [0.15, 0.2) is 5.96 Å². The van der Waals surface area contributed by atoms with Crippen molar-refractivity contribution in [3.05, 3.63) is 41.4 Å². The van der Waals surface area contributed by atoms with Gasteiger partial charge in [0.25, 0.3) is 0 Å². The second-order valence-electron chi connectivity index (χ2n) is 6.60. The van der Waals surface area contributed by atoms with E-state index in [2.05, 4.69) is 49.9 Å². The molecule has 0 atom stereocenters. The summed E-state index contributed by atoms with van der Waals surface area (Å²) in [6, 6.07) is 8.74. The molecule has 6 nitrogen and oxygen atoms in total. The maximum atomic E-state index is 5.73. The number of aliphatic imine (C=N–C) groups is 1. The average molecular weight is 388 g/mol. The summed E-state index contributed by atoms with van der Waals surface area (Å²) in [4.78, 5) is 11.2. The van der Waals surface area contributed by atoms with Gasteiger partial charge in [0.2, 0.25) is 5.88 Å². The first kappa shape index (κ1) is 19.5. The van der Waals surface area contributed by atoms with E-state index in [0.29, 0.717) is 25.1 Å². The molecule has 0 spiro atoms. The molecule has 0 unspecified atom stereocenters. The van der Waals surface area contributed by atoms with Crippen LogP contribution in [0.25, 0.3) is 0 Å². The molecule has 0 aliphatic carbocycles. The number of guanidine groups is 1. The number of thiophene rings is 1. The van der Waals surface area contributed by atoms with Crippen LogP contribution in [-0.4, -0.2) is 43.7 Å². The highest BCUT2D eigenvalue weighted by Gasteiger charge is 2.20. The van der Waals surface area contributed by atoms with Crippen molar-refractivity contribution < 1.29 is 4.74 Å². The van der Waals surface area contributed by atoms with Crippen LogP contribution in [0.3, 0.4) is 0 Å². The fourth-order valence-electron chi connectivity index (χ4n) is 3.15. The quantitative estimate of drug-likeness (QED) is 0.564. The number of pyridine rings is 1. The average Bonchev–Trinajstić information content (AvgIpc) is 3.25.